The molecule has 0 aliphatic rings. The number of halogens is 1. The first-order valence-electron chi connectivity index (χ1n) is 9.11. The van der Waals surface area contributed by atoms with Crippen LogP contribution in [0.5, 0.6) is 0 Å². The van der Waals surface area contributed by atoms with Gasteiger partial charge in [-0.2, -0.15) is 0 Å². The maximum Gasteiger partial charge on any atom is 0.311 e. The molecule has 2 atom stereocenters. The standard InChI is InChI=1S/C21H26BFO4/c1-21(14-24,20(25)26)12-16(13-22(2)27)11-15-7-9-17(10-8-15)18-5-3-4-6-19(18)23/h3-10,16,24,27H,11-14H2,1-2H3,(H,25,26)/t16-,21+/m1/s1. The van der Waals surface area contributed by atoms with Gasteiger partial charge in [0, 0.05) is 5.56 Å². The van der Waals surface area contributed by atoms with Crippen LogP contribution in [0.4, 0.5) is 4.39 Å². The molecule has 0 amide bonds. The molecule has 0 aliphatic heterocycles. The number of aliphatic carboxylic acids is 1. The summed E-state index contributed by atoms with van der Waals surface area (Å²) in [7, 11) is 0. The summed E-state index contributed by atoms with van der Waals surface area (Å²) in [5.74, 6) is -1.43. The fourth-order valence-corrected chi connectivity index (χ4v) is 3.43. The lowest BCUT2D eigenvalue weighted by Gasteiger charge is -2.28. The highest BCUT2D eigenvalue weighted by Gasteiger charge is 2.35. The predicted octanol–water partition coefficient (Wildman–Crippen LogP) is 3.74. The molecular formula is C21H26BFO4. The van der Waals surface area contributed by atoms with E-state index < -0.39 is 24.9 Å². The molecule has 0 aromatic heterocycles. The van der Waals surface area contributed by atoms with Gasteiger partial charge in [0.1, 0.15) is 5.82 Å². The van der Waals surface area contributed by atoms with Crippen LogP contribution in [0.2, 0.25) is 13.1 Å². The summed E-state index contributed by atoms with van der Waals surface area (Å²) in [6, 6.07) is 14.1. The second-order valence-corrected chi connectivity index (χ2v) is 7.56. The summed E-state index contributed by atoms with van der Waals surface area (Å²) in [6.45, 7) is 2.17. The molecule has 144 valence electrons. The number of hydrogen-bond donors (Lipinski definition) is 3. The lowest BCUT2D eigenvalue weighted by atomic mass is 9.60. The van der Waals surface area contributed by atoms with Crippen LogP contribution < -0.4 is 0 Å². The van der Waals surface area contributed by atoms with Crippen molar-refractivity contribution in [2.24, 2.45) is 11.3 Å². The molecule has 0 bridgehead atoms. The van der Waals surface area contributed by atoms with E-state index in [1.54, 1.807) is 25.0 Å². The lowest BCUT2D eigenvalue weighted by Crippen LogP contribution is -2.35. The maximum atomic E-state index is 13.9. The van der Waals surface area contributed by atoms with Crippen molar-refractivity contribution in [3.8, 4) is 11.1 Å². The Bertz CT molecular complexity index is 763. The molecule has 0 radical (unpaired) electrons. The normalized spacial score (nSPS) is 14.4. The third kappa shape index (κ3) is 5.65. The lowest BCUT2D eigenvalue weighted by molar-refractivity contribution is -0.151. The topological polar surface area (TPSA) is 77.8 Å². The van der Waals surface area contributed by atoms with Gasteiger partial charge in [0.25, 0.3) is 6.92 Å². The molecule has 0 spiro atoms. The minimum absolute atomic E-state index is 0.0995. The van der Waals surface area contributed by atoms with E-state index in [0.29, 0.717) is 18.3 Å². The first kappa shape index (κ1) is 21.1. The fraction of sp³-hybridized carbons (Fsp3) is 0.381. The molecule has 4 nitrogen and oxygen atoms in total. The highest BCUT2D eigenvalue weighted by Crippen LogP contribution is 2.31. The number of hydrogen-bond acceptors (Lipinski definition) is 3. The van der Waals surface area contributed by atoms with Gasteiger partial charge in [-0.05, 0) is 49.2 Å². The first-order valence-corrected chi connectivity index (χ1v) is 9.11. The molecule has 0 fully saturated rings. The third-order valence-corrected chi connectivity index (χ3v) is 4.94. The number of rotatable bonds is 9. The number of carbonyl (C=O) groups is 1. The van der Waals surface area contributed by atoms with Gasteiger partial charge in [-0.15, -0.1) is 0 Å². The van der Waals surface area contributed by atoms with Crippen molar-refractivity contribution < 1.29 is 24.4 Å². The largest absolute Gasteiger partial charge is 0.481 e. The van der Waals surface area contributed by atoms with E-state index in [9.17, 15) is 24.4 Å². The molecule has 0 heterocycles. The van der Waals surface area contributed by atoms with Gasteiger partial charge in [-0.3, -0.25) is 4.79 Å². The summed E-state index contributed by atoms with van der Waals surface area (Å²) in [4.78, 5) is 11.5. The molecule has 6 heteroatoms. The average Bonchev–Trinajstić information content (AvgIpc) is 2.62. The zero-order valence-electron chi connectivity index (χ0n) is 15.7. The number of carboxylic acid groups (broad SMARTS) is 1. The molecule has 27 heavy (non-hydrogen) atoms. The second-order valence-electron chi connectivity index (χ2n) is 7.56. The van der Waals surface area contributed by atoms with E-state index in [0.717, 1.165) is 11.1 Å². The zero-order chi connectivity index (χ0) is 20.0. The van der Waals surface area contributed by atoms with E-state index in [1.165, 1.54) is 13.0 Å². The molecule has 0 aliphatic carbocycles. The van der Waals surface area contributed by atoms with E-state index in [4.69, 9.17) is 0 Å². The summed E-state index contributed by atoms with van der Waals surface area (Å²) < 4.78 is 13.9. The molecular weight excluding hydrogens is 346 g/mol. The van der Waals surface area contributed by atoms with Crippen molar-refractivity contribution >= 4 is 12.9 Å². The van der Waals surface area contributed by atoms with Crippen molar-refractivity contribution in [2.75, 3.05) is 6.61 Å². The summed E-state index contributed by atoms with van der Waals surface area (Å²) >= 11 is 0. The van der Waals surface area contributed by atoms with Crippen LogP contribution in [-0.2, 0) is 11.2 Å². The van der Waals surface area contributed by atoms with Crippen LogP contribution in [0.25, 0.3) is 11.1 Å². The van der Waals surface area contributed by atoms with Gasteiger partial charge in [0.05, 0.1) is 12.0 Å². The van der Waals surface area contributed by atoms with Gasteiger partial charge in [-0.25, -0.2) is 4.39 Å². The molecule has 2 aromatic carbocycles. The third-order valence-electron chi connectivity index (χ3n) is 4.94. The SMILES string of the molecule is CB(O)C[C@H](Cc1ccc(-c2ccccc2F)cc1)C[C@@](C)(CO)C(=O)O. The van der Waals surface area contributed by atoms with Crippen LogP contribution in [0.15, 0.2) is 48.5 Å². The number of aliphatic hydroxyl groups is 1. The average molecular weight is 372 g/mol. The Kier molecular flexibility index (Phi) is 7.16. The predicted molar refractivity (Wildman–Crippen MR) is 105 cm³/mol. The molecule has 0 unspecified atom stereocenters. The Morgan fingerprint density at radius 3 is 2.33 bits per heavy atom. The molecule has 3 N–H and O–H groups in total. The zero-order valence-corrected chi connectivity index (χ0v) is 15.7. The van der Waals surface area contributed by atoms with Gasteiger partial charge >= 0.3 is 5.97 Å². The van der Waals surface area contributed by atoms with Crippen molar-refractivity contribution in [3.05, 3.63) is 59.9 Å². The highest BCUT2D eigenvalue weighted by atomic mass is 19.1. The van der Waals surface area contributed by atoms with E-state index in [2.05, 4.69) is 0 Å². The molecule has 0 saturated heterocycles. The molecule has 2 rings (SSSR count). The van der Waals surface area contributed by atoms with Crippen molar-refractivity contribution in [3.63, 3.8) is 0 Å². The minimum atomic E-state index is -1.24. The number of aliphatic hydroxyl groups excluding tert-OH is 1. The van der Waals surface area contributed by atoms with Crippen LogP contribution in [0.1, 0.15) is 18.9 Å². The van der Waals surface area contributed by atoms with Crippen LogP contribution in [-0.4, -0.2) is 34.7 Å². The van der Waals surface area contributed by atoms with E-state index >= 15 is 0 Å². The van der Waals surface area contributed by atoms with Gasteiger partial charge < -0.3 is 15.2 Å². The summed E-state index contributed by atoms with van der Waals surface area (Å²) in [6.07, 6.45) is 1.28. The van der Waals surface area contributed by atoms with Crippen molar-refractivity contribution in [1.82, 2.24) is 0 Å². The summed E-state index contributed by atoms with van der Waals surface area (Å²) in [5.41, 5.74) is 1.04. The number of carboxylic acids is 1. The highest BCUT2D eigenvalue weighted by molar-refractivity contribution is 6.48. The van der Waals surface area contributed by atoms with Gasteiger partial charge in [-0.1, -0.05) is 49.3 Å². The second kappa shape index (κ2) is 9.15. The Labute approximate surface area is 159 Å². The smallest absolute Gasteiger partial charge is 0.311 e. The van der Waals surface area contributed by atoms with Crippen molar-refractivity contribution in [1.29, 1.82) is 0 Å². The van der Waals surface area contributed by atoms with Gasteiger partial charge in [0.15, 0.2) is 0 Å². The van der Waals surface area contributed by atoms with Crippen LogP contribution in [0.3, 0.4) is 0 Å². The van der Waals surface area contributed by atoms with E-state index in [-0.39, 0.29) is 18.2 Å². The molecule has 2 aromatic rings. The Morgan fingerprint density at radius 2 is 1.81 bits per heavy atom. The monoisotopic (exact) mass is 372 g/mol. The van der Waals surface area contributed by atoms with E-state index in [1.807, 2.05) is 24.3 Å². The van der Waals surface area contributed by atoms with Crippen LogP contribution >= 0.6 is 0 Å². The van der Waals surface area contributed by atoms with Gasteiger partial charge in [0.2, 0.25) is 0 Å². The number of benzene rings is 2. The Balaban J connectivity index is 2.17. The molecule has 0 saturated carbocycles. The van der Waals surface area contributed by atoms with Crippen LogP contribution in [0, 0.1) is 17.2 Å². The maximum absolute atomic E-state index is 13.9. The fourth-order valence-electron chi connectivity index (χ4n) is 3.43. The Morgan fingerprint density at radius 1 is 1.19 bits per heavy atom. The Hall–Kier alpha value is -2.18. The van der Waals surface area contributed by atoms with Crippen molar-refractivity contribution in [2.45, 2.75) is 32.9 Å². The summed E-state index contributed by atoms with van der Waals surface area (Å²) in [5, 5.41) is 28.7. The first-order chi connectivity index (χ1) is 12.7. The minimum Gasteiger partial charge on any atom is -0.481 e. The quantitative estimate of drug-likeness (QED) is 0.586.